The van der Waals surface area contributed by atoms with Gasteiger partial charge in [-0.1, -0.05) is 42.5 Å². The number of rotatable bonds is 5. The Balaban J connectivity index is 1.74. The van der Waals surface area contributed by atoms with Crippen molar-refractivity contribution >= 4 is 39.6 Å². The first-order chi connectivity index (χ1) is 10.4. The highest BCUT2D eigenvalue weighted by Crippen LogP contribution is 2.21. The summed E-state index contributed by atoms with van der Waals surface area (Å²) in [4.78, 5) is 4.45. The molecule has 2 aromatic carbocycles. The first-order valence-electron chi connectivity index (χ1n) is 6.76. The summed E-state index contributed by atoms with van der Waals surface area (Å²) < 4.78 is 5.09. The van der Waals surface area contributed by atoms with E-state index in [1.54, 1.807) is 0 Å². The van der Waals surface area contributed by atoms with Crippen molar-refractivity contribution in [1.29, 1.82) is 0 Å². The Hall–Kier alpha value is -1.66. The van der Waals surface area contributed by atoms with E-state index in [2.05, 4.69) is 52.8 Å². The highest BCUT2D eigenvalue weighted by Gasteiger charge is 2.01. The molecule has 0 aliphatic heterocycles. The monoisotopic (exact) mass is 390 g/mol. The zero-order chi connectivity index (χ0) is 14.5. The first kappa shape index (κ1) is 14.3. The fraction of sp³-hybridized carbons (Fsp3) is 0.118. The first-order valence-corrected chi connectivity index (χ1v) is 7.64. The fourth-order valence-corrected chi connectivity index (χ4v) is 2.62. The van der Waals surface area contributed by atoms with Crippen LogP contribution in [0.1, 0.15) is 11.1 Å². The van der Waals surface area contributed by atoms with Gasteiger partial charge >= 0.3 is 0 Å². The largest absolute Gasteiger partial charge is 0.379 e. The molecule has 4 heteroatoms. The molecule has 0 saturated carbocycles. The van der Waals surface area contributed by atoms with Gasteiger partial charge in [-0.15, -0.1) is 0 Å². The van der Waals surface area contributed by atoms with Crippen LogP contribution in [0.5, 0.6) is 0 Å². The smallest absolute Gasteiger partial charge is 0.110 e. The van der Waals surface area contributed by atoms with E-state index in [-0.39, 0.29) is 0 Å². The molecule has 3 nitrogen and oxygen atoms in total. The van der Waals surface area contributed by atoms with Gasteiger partial charge in [0.2, 0.25) is 0 Å². The Morgan fingerprint density at radius 2 is 1.71 bits per heavy atom. The number of nitrogens with zero attached hydrogens (tertiary/aromatic N) is 1. The van der Waals surface area contributed by atoms with Crippen LogP contribution in [0.15, 0.2) is 60.8 Å². The van der Waals surface area contributed by atoms with Crippen molar-refractivity contribution in [3.63, 3.8) is 0 Å². The van der Waals surface area contributed by atoms with E-state index in [4.69, 9.17) is 3.07 Å². The molecule has 0 bridgehead atoms. The molecule has 0 aliphatic carbocycles. The van der Waals surface area contributed by atoms with Crippen LogP contribution >= 0.6 is 23.0 Å². The van der Waals surface area contributed by atoms with E-state index < -0.39 is 0 Å². The number of anilines is 1. The summed E-state index contributed by atoms with van der Waals surface area (Å²) in [6, 6.07) is 18.7. The molecule has 0 saturated heterocycles. The van der Waals surface area contributed by atoms with E-state index in [9.17, 15) is 0 Å². The zero-order valence-corrected chi connectivity index (χ0v) is 13.6. The third-order valence-electron chi connectivity index (χ3n) is 3.36. The molecule has 0 radical (unpaired) electrons. The quantitative estimate of drug-likeness (QED) is 0.641. The van der Waals surface area contributed by atoms with Crippen LogP contribution in [0.25, 0.3) is 10.9 Å². The minimum Gasteiger partial charge on any atom is -0.379 e. The molecular formula is C17H15IN2O. The van der Waals surface area contributed by atoms with E-state index >= 15 is 0 Å². The van der Waals surface area contributed by atoms with Crippen LogP contribution in [-0.4, -0.2) is 4.98 Å². The molecule has 0 aliphatic rings. The number of benzene rings is 2. The van der Waals surface area contributed by atoms with Crippen molar-refractivity contribution in [2.24, 2.45) is 0 Å². The minimum absolute atomic E-state index is 0.640. The Kier molecular flexibility index (Phi) is 4.67. The number of para-hydroxylation sites is 1. The SMILES string of the molecule is IOCc1ccc(CNc2cccc3cccnc23)cc1. The van der Waals surface area contributed by atoms with Crippen molar-refractivity contribution in [2.75, 3.05) is 5.32 Å². The highest BCUT2D eigenvalue weighted by molar-refractivity contribution is 14.1. The predicted molar refractivity (Wildman–Crippen MR) is 94.3 cm³/mol. The fourth-order valence-electron chi connectivity index (χ4n) is 2.26. The van der Waals surface area contributed by atoms with Crippen LogP contribution < -0.4 is 5.32 Å². The summed E-state index contributed by atoms with van der Waals surface area (Å²) in [5, 5.41) is 4.61. The predicted octanol–water partition coefficient (Wildman–Crippen LogP) is 4.71. The van der Waals surface area contributed by atoms with Gasteiger partial charge in [-0.05, 0) is 23.3 Å². The van der Waals surface area contributed by atoms with Gasteiger partial charge in [0.15, 0.2) is 0 Å². The molecule has 0 fully saturated rings. The van der Waals surface area contributed by atoms with Crippen LogP contribution in [0.2, 0.25) is 0 Å². The summed E-state index contributed by atoms with van der Waals surface area (Å²) in [5.41, 5.74) is 4.49. The maximum atomic E-state index is 5.09. The molecule has 0 atom stereocenters. The molecule has 1 N–H and O–H groups in total. The Morgan fingerprint density at radius 3 is 2.52 bits per heavy atom. The van der Waals surface area contributed by atoms with Crippen molar-refractivity contribution in [3.8, 4) is 0 Å². The van der Waals surface area contributed by atoms with Gasteiger partial charge < -0.3 is 8.38 Å². The summed E-state index contributed by atoms with van der Waals surface area (Å²) in [6.07, 6.45) is 1.83. The third-order valence-corrected chi connectivity index (χ3v) is 3.67. The van der Waals surface area contributed by atoms with E-state index in [0.717, 1.165) is 23.1 Å². The van der Waals surface area contributed by atoms with Gasteiger partial charge in [-0.3, -0.25) is 4.98 Å². The number of hydrogen-bond donors (Lipinski definition) is 1. The summed E-state index contributed by atoms with van der Waals surface area (Å²) in [7, 11) is 0. The Morgan fingerprint density at radius 1 is 0.952 bits per heavy atom. The van der Waals surface area contributed by atoms with Crippen molar-refractivity contribution in [2.45, 2.75) is 13.2 Å². The van der Waals surface area contributed by atoms with Crippen molar-refractivity contribution < 1.29 is 3.07 Å². The number of fused-ring (bicyclic) bond motifs is 1. The van der Waals surface area contributed by atoms with Crippen molar-refractivity contribution in [1.82, 2.24) is 4.98 Å². The highest BCUT2D eigenvalue weighted by atomic mass is 127. The third kappa shape index (κ3) is 3.51. The molecular weight excluding hydrogens is 375 g/mol. The van der Waals surface area contributed by atoms with Crippen LogP contribution in [0.3, 0.4) is 0 Å². The average Bonchev–Trinajstić information content (AvgIpc) is 2.54. The molecule has 0 amide bonds. The second-order valence-corrected chi connectivity index (χ2v) is 5.43. The van der Waals surface area contributed by atoms with E-state index in [1.807, 2.05) is 41.3 Å². The Labute approximate surface area is 138 Å². The van der Waals surface area contributed by atoms with Gasteiger partial charge in [-0.25, -0.2) is 0 Å². The molecule has 0 unspecified atom stereocenters. The number of nitrogens with one attached hydrogen (secondary N) is 1. The van der Waals surface area contributed by atoms with E-state index in [1.165, 1.54) is 11.1 Å². The molecule has 21 heavy (non-hydrogen) atoms. The average molecular weight is 390 g/mol. The normalized spacial score (nSPS) is 10.7. The van der Waals surface area contributed by atoms with Gasteiger partial charge in [0, 0.05) is 18.1 Å². The molecule has 3 aromatic rings. The van der Waals surface area contributed by atoms with E-state index in [0.29, 0.717) is 6.61 Å². The number of pyridine rings is 1. The Bertz CT molecular complexity index is 723. The molecule has 0 spiro atoms. The van der Waals surface area contributed by atoms with Crippen LogP contribution in [0, 0.1) is 0 Å². The molecule has 106 valence electrons. The summed E-state index contributed by atoms with van der Waals surface area (Å²) >= 11 is 1.91. The number of hydrogen-bond acceptors (Lipinski definition) is 3. The number of aromatic nitrogens is 1. The van der Waals surface area contributed by atoms with Gasteiger partial charge in [0.25, 0.3) is 0 Å². The lowest BCUT2D eigenvalue weighted by atomic mass is 10.1. The lowest BCUT2D eigenvalue weighted by molar-refractivity contribution is 0.418. The second-order valence-electron chi connectivity index (χ2n) is 4.80. The maximum absolute atomic E-state index is 5.09. The minimum atomic E-state index is 0.640. The standard InChI is InChI=1S/C17H15IN2O/c18-21-12-14-8-6-13(7-9-14)11-20-16-5-1-3-15-4-2-10-19-17(15)16/h1-10,20H,11-12H2. The lowest BCUT2D eigenvalue weighted by Gasteiger charge is -2.09. The van der Waals surface area contributed by atoms with Crippen LogP contribution in [0.4, 0.5) is 5.69 Å². The number of halogens is 1. The van der Waals surface area contributed by atoms with Crippen molar-refractivity contribution in [3.05, 3.63) is 71.9 Å². The summed E-state index contributed by atoms with van der Waals surface area (Å²) in [5.74, 6) is 0. The zero-order valence-electron chi connectivity index (χ0n) is 11.4. The molecule has 1 aromatic heterocycles. The van der Waals surface area contributed by atoms with Gasteiger partial charge in [0.1, 0.15) is 23.0 Å². The second kappa shape index (κ2) is 6.87. The summed E-state index contributed by atoms with van der Waals surface area (Å²) in [6.45, 7) is 1.42. The van der Waals surface area contributed by atoms with Gasteiger partial charge in [-0.2, -0.15) is 0 Å². The lowest BCUT2D eigenvalue weighted by Crippen LogP contribution is -2.00. The van der Waals surface area contributed by atoms with Gasteiger partial charge in [0.05, 0.1) is 17.8 Å². The van der Waals surface area contributed by atoms with Crippen LogP contribution in [-0.2, 0) is 16.2 Å². The topological polar surface area (TPSA) is 34.1 Å². The molecule has 3 rings (SSSR count). The molecule has 1 heterocycles. The maximum Gasteiger partial charge on any atom is 0.110 e.